The van der Waals surface area contributed by atoms with Crippen LogP contribution in [0.1, 0.15) is 25.3 Å². The second kappa shape index (κ2) is 8.06. The molecule has 2 fully saturated rings. The quantitative estimate of drug-likeness (QED) is 0.704. The number of carbonyl (C=O) groups is 2. The molecular formula is C22H28N2O5. The monoisotopic (exact) mass is 400 g/mol. The number of ether oxygens (including phenoxy) is 3. The maximum absolute atomic E-state index is 12.9. The third-order valence-electron chi connectivity index (χ3n) is 6.20. The highest BCUT2D eigenvalue weighted by molar-refractivity contribution is 5.83. The topological polar surface area (TPSA) is 68.3 Å². The molecule has 0 aliphatic carbocycles. The van der Waals surface area contributed by atoms with Crippen molar-refractivity contribution in [2.24, 2.45) is 5.92 Å². The Morgan fingerprint density at radius 1 is 1.31 bits per heavy atom. The van der Waals surface area contributed by atoms with Gasteiger partial charge in [0.25, 0.3) is 0 Å². The lowest BCUT2D eigenvalue weighted by molar-refractivity contribution is -0.147. The molecule has 7 heteroatoms. The zero-order chi connectivity index (χ0) is 20.5. The predicted octanol–water partition coefficient (Wildman–Crippen LogP) is 1.96. The SMILES string of the molecule is CC[C@H]1[C@@H](C(=O)OC)C[C@H]2CN(CC3=Cc4cccc(OC)c4OC3)CC(=O)N21. The highest BCUT2D eigenvalue weighted by Gasteiger charge is 2.49. The van der Waals surface area contributed by atoms with Gasteiger partial charge in [0.2, 0.25) is 5.91 Å². The fourth-order valence-electron chi connectivity index (χ4n) is 4.99. The minimum absolute atomic E-state index is 0.0568. The van der Waals surface area contributed by atoms with Gasteiger partial charge in [-0.3, -0.25) is 14.5 Å². The van der Waals surface area contributed by atoms with Crippen LogP contribution >= 0.6 is 0 Å². The molecule has 29 heavy (non-hydrogen) atoms. The van der Waals surface area contributed by atoms with Crippen LogP contribution < -0.4 is 9.47 Å². The number of methoxy groups -OCH3 is 2. The number of hydrogen-bond acceptors (Lipinski definition) is 6. The Labute approximate surface area is 171 Å². The Bertz CT molecular complexity index is 836. The number of rotatable bonds is 5. The van der Waals surface area contributed by atoms with Gasteiger partial charge in [0.15, 0.2) is 11.5 Å². The molecule has 3 aliphatic rings. The molecule has 156 valence electrons. The van der Waals surface area contributed by atoms with Gasteiger partial charge in [0.05, 0.1) is 26.7 Å². The van der Waals surface area contributed by atoms with Crippen molar-refractivity contribution in [1.82, 2.24) is 9.80 Å². The molecule has 7 nitrogen and oxygen atoms in total. The third-order valence-corrected chi connectivity index (χ3v) is 6.20. The molecule has 3 atom stereocenters. The number of piperazine rings is 1. The summed E-state index contributed by atoms with van der Waals surface area (Å²) < 4.78 is 16.3. The lowest BCUT2D eigenvalue weighted by Gasteiger charge is -2.40. The van der Waals surface area contributed by atoms with Crippen molar-refractivity contribution < 1.29 is 23.8 Å². The number of fused-ring (bicyclic) bond motifs is 2. The van der Waals surface area contributed by atoms with Crippen molar-refractivity contribution >= 4 is 18.0 Å². The van der Waals surface area contributed by atoms with E-state index in [1.165, 1.54) is 7.11 Å². The Morgan fingerprint density at radius 2 is 2.14 bits per heavy atom. The lowest BCUT2D eigenvalue weighted by Crippen LogP contribution is -2.56. The summed E-state index contributed by atoms with van der Waals surface area (Å²) >= 11 is 0. The second-order valence-corrected chi connectivity index (χ2v) is 7.94. The van der Waals surface area contributed by atoms with Gasteiger partial charge in [-0.1, -0.05) is 19.1 Å². The summed E-state index contributed by atoms with van der Waals surface area (Å²) in [6.45, 7) is 4.31. The highest BCUT2D eigenvalue weighted by atomic mass is 16.5. The lowest BCUT2D eigenvalue weighted by atomic mass is 9.97. The van der Waals surface area contributed by atoms with E-state index < -0.39 is 0 Å². The number of para-hydroxylation sites is 1. The molecule has 0 spiro atoms. The Kier molecular flexibility index (Phi) is 5.50. The Hall–Kier alpha value is -2.54. The summed E-state index contributed by atoms with van der Waals surface area (Å²) in [6, 6.07) is 5.84. The average Bonchev–Trinajstić information content (AvgIpc) is 3.11. The first-order valence-corrected chi connectivity index (χ1v) is 10.2. The van der Waals surface area contributed by atoms with E-state index in [2.05, 4.69) is 11.0 Å². The van der Waals surface area contributed by atoms with Gasteiger partial charge in [-0.25, -0.2) is 0 Å². The van der Waals surface area contributed by atoms with Crippen molar-refractivity contribution in [2.75, 3.05) is 40.5 Å². The van der Waals surface area contributed by atoms with E-state index in [1.54, 1.807) is 7.11 Å². The van der Waals surface area contributed by atoms with E-state index in [4.69, 9.17) is 14.2 Å². The minimum atomic E-state index is -0.226. The molecule has 0 bridgehead atoms. The zero-order valence-corrected chi connectivity index (χ0v) is 17.2. The zero-order valence-electron chi connectivity index (χ0n) is 17.2. The summed E-state index contributed by atoms with van der Waals surface area (Å²) in [5.41, 5.74) is 2.12. The van der Waals surface area contributed by atoms with Gasteiger partial charge in [-0.2, -0.15) is 0 Å². The van der Waals surface area contributed by atoms with E-state index in [0.29, 0.717) is 26.1 Å². The smallest absolute Gasteiger partial charge is 0.310 e. The first-order chi connectivity index (χ1) is 14.0. The van der Waals surface area contributed by atoms with Crippen LogP contribution in [0.4, 0.5) is 0 Å². The first-order valence-electron chi connectivity index (χ1n) is 10.2. The second-order valence-electron chi connectivity index (χ2n) is 7.94. The predicted molar refractivity (Wildman–Crippen MR) is 108 cm³/mol. The molecule has 2 saturated heterocycles. The number of hydrogen-bond donors (Lipinski definition) is 0. The molecule has 0 unspecified atom stereocenters. The largest absolute Gasteiger partial charge is 0.493 e. The number of amides is 1. The van der Waals surface area contributed by atoms with E-state index in [1.807, 2.05) is 30.0 Å². The molecule has 0 saturated carbocycles. The molecule has 4 rings (SSSR count). The van der Waals surface area contributed by atoms with Crippen LogP contribution in [-0.4, -0.2) is 74.2 Å². The fraction of sp³-hybridized carbons (Fsp3) is 0.545. The van der Waals surface area contributed by atoms with Gasteiger partial charge in [-0.15, -0.1) is 0 Å². The van der Waals surface area contributed by atoms with Gasteiger partial charge >= 0.3 is 5.97 Å². The molecule has 1 aromatic carbocycles. The maximum Gasteiger partial charge on any atom is 0.310 e. The van der Waals surface area contributed by atoms with Crippen LogP contribution in [0.5, 0.6) is 11.5 Å². The van der Waals surface area contributed by atoms with Crippen LogP contribution in [0.15, 0.2) is 23.8 Å². The van der Waals surface area contributed by atoms with E-state index in [0.717, 1.165) is 35.6 Å². The Balaban J connectivity index is 1.48. The number of nitrogens with zero attached hydrogens (tertiary/aromatic N) is 2. The number of esters is 1. The summed E-state index contributed by atoms with van der Waals surface area (Å²) in [4.78, 5) is 29.2. The molecule has 1 aromatic rings. The Morgan fingerprint density at radius 3 is 2.86 bits per heavy atom. The van der Waals surface area contributed by atoms with Gasteiger partial charge in [0, 0.05) is 30.7 Å². The van der Waals surface area contributed by atoms with Gasteiger partial charge < -0.3 is 19.1 Å². The maximum atomic E-state index is 12.9. The van der Waals surface area contributed by atoms with Crippen LogP contribution in [0.3, 0.4) is 0 Å². The van der Waals surface area contributed by atoms with E-state index in [9.17, 15) is 9.59 Å². The first kappa shape index (κ1) is 19.8. The van der Waals surface area contributed by atoms with Crippen molar-refractivity contribution in [3.05, 3.63) is 29.3 Å². The van der Waals surface area contributed by atoms with Crippen molar-refractivity contribution in [2.45, 2.75) is 31.8 Å². The van der Waals surface area contributed by atoms with E-state index in [-0.39, 0.29) is 29.9 Å². The standard InChI is InChI=1S/C22H28N2O5/c1-4-18-17(22(26)28-3)9-16-11-23(12-20(25)24(16)18)10-14-8-15-6-5-7-19(27-2)21(15)29-13-14/h5-8,16-18H,4,9-13H2,1-3H3/t16-,17-,18-/m0/s1. The average molecular weight is 400 g/mol. The fourth-order valence-corrected chi connectivity index (χ4v) is 4.99. The molecule has 0 radical (unpaired) electrons. The van der Waals surface area contributed by atoms with Crippen molar-refractivity contribution in [3.8, 4) is 11.5 Å². The minimum Gasteiger partial charge on any atom is -0.493 e. The summed E-state index contributed by atoms with van der Waals surface area (Å²) in [7, 11) is 3.05. The van der Waals surface area contributed by atoms with Gasteiger partial charge in [-0.05, 0) is 30.6 Å². The van der Waals surface area contributed by atoms with Crippen molar-refractivity contribution in [1.29, 1.82) is 0 Å². The highest BCUT2D eigenvalue weighted by Crippen LogP contribution is 2.37. The van der Waals surface area contributed by atoms with Gasteiger partial charge in [0.1, 0.15) is 6.61 Å². The summed E-state index contributed by atoms with van der Waals surface area (Å²) in [5, 5.41) is 0. The molecule has 0 aromatic heterocycles. The van der Waals surface area contributed by atoms with Crippen LogP contribution in [0.25, 0.3) is 6.08 Å². The normalized spacial score (nSPS) is 26.3. The van der Waals surface area contributed by atoms with Crippen LogP contribution in [0, 0.1) is 5.92 Å². The van der Waals surface area contributed by atoms with Crippen LogP contribution in [0.2, 0.25) is 0 Å². The molecule has 3 heterocycles. The molecular weight excluding hydrogens is 372 g/mol. The summed E-state index contributed by atoms with van der Waals surface area (Å²) in [6.07, 6.45) is 3.56. The molecule has 1 amide bonds. The number of benzene rings is 1. The molecule has 0 N–H and O–H groups in total. The van der Waals surface area contributed by atoms with Crippen LogP contribution in [-0.2, 0) is 14.3 Å². The summed E-state index contributed by atoms with van der Waals surface area (Å²) in [5.74, 6) is 1.16. The van der Waals surface area contributed by atoms with Crippen molar-refractivity contribution in [3.63, 3.8) is 0 Å². The number of carbonyl (C=O) groups excluding carboxylic acids is 2. The molecule has 3 aliphatic heterocycles. The third kappa shape index (κ3) is 3.59. The van der Waals surface area contributed by atoms with E-state index >= 15 is 0 Å².